The fourth-order valence-electron chi connectivity index (χ4n) is 2.25. The van der Waals surface area contributed by atoms with E-state index in [1.165, 1.54) is 26.3 Å². The minimum atomic E-state index is -0.226. The lowest BCUT2D eigenvalue weighted by molar-refractivity contribution is -0.142. The Hall–Kier alpha value is -1.43. The third-order valence-corrected chi connectivity index (χ3v) is 3.15. The molecule has 0 unspecified atom stereocenters. The zero-order valence-corrected chi connectivity index (χ0v) is 9.96. The van der Waals surface area contributed by atoms with Gasteiger partial charge in [-0.15, -0.1) is 0 Å². The van der Waals surface area contributed by atoms with E-state index in [0.717, 1.165) is 12.8 Å². The van der Waals surface area contributed by atoms with Gasteiger partial charge in [0.25, 0.3) is 0 Å². The second kappa shape index (κ2) is 5.77. The van der Waals surface area contributed by atoms with Crippen LogP contribution in [0.25, 0.3) is 0 Å². The van der Waals surface area contributed by atoms with Gasteiger partial charge in [-0.2, -0.15) is 4.98 Å². The van der Waals surface area contributed by atoms with Crippen LogP contribution in [0.2, 0.25) is 0 Å². The van der Waals surface area contributed by atoms with Crippen LogP contribution in [-0.2, 0) is 16.1 Å². The Kier molecular flexibility index (Phi) is 4.08. The maximum absolute atomic E-state index is 11.4. The van der Waals surface area contributed by atoms with Gasteiger partial charge < -0.3 is 9.26 Å². The number of ether oxygens (including phenoxy) is 1. The van der Waals surface area contributed by atoms with Gasteiger partial charge in [-0.25, -0.2) is 0 Å². The molecule has 0 atom stereocenters. The maximum atomic E-state index is 11.4. The first kappa shape index (κ1) is 12.0. The summed E-state index contributed by atoms with van der Waals surface area (Å²) in [6, 6.07) is 0.418. The summed E-state index contributed by atoms with van der Waals surface area (Å²) in [4.78, 5) is 17.4. The molecule has 1 heterocycles. The predicted molar refractivity (Wildman–Crippen MR) is 59.0 cm³/mol. The molecule has 6 nitrogen and oxygen atoms in total. The van der Waals surface area contributed by atoms with Crippen molar-refractivity contribution in [2.24, 2.45) is 0 Å². The molecule has 0 spiro atoms. The van der Waals surface area contributed by atoms with Gasteiger partial charge in [0.1, 0.15) is 0 Å². The smallest absolute Gasteiger partial charge is 0.319 e. The van der Waals surface area contributed by atoms with Crippen LogP contribution in [0.4, 0.5) is 0 Å². The summed E-state index contributed by atoms with van der Waals surface area (Å²) < 4.78 is 9.70. The number of carbonyl (C=O) groups excluding carboxylic acids is 1. The molecule has 1 aromatic heterocycles. The Morgan fingerprint density at radius 3 is 2.94 bits per heavy atom. The van der Waals surface area contributed by atoms with Gasteiger partial charge in [-0.1, -0.05) is 18.0 Å². The molecule has 1 fully saturated rings. The Balaban J connectivity index is 1.98. The number of methoxy groups -OCH3 is 1. The SMILES string of the molecule is COC(=O)CN(Cc1ncno1)C1CCCC1. The second-order valence-electron chi connectivity index (χ2n) is 4.25. The lowest BCUT2D eigenvalue weighted by Gasteiger charge is -2.25. The summed E-state index contributed by atoms with van der Waals surface area (Å²) in [6.07, 6.45) is 6.04. The van der Waals surface area contributed by atoms with Gasteiger partial charge in [-0.3, -0.25) is 9.69 Å². The average Bonchev–Trinajstić information content (AvgIpc) is 3.00. The van der Waals surface area contributed by atoms with Gasteiger partial charge in [0, 0.05) is 6.04 Å². The van der Waals surface area contributed by atoms with E-state index >= 15 is 0 Å². The highest BCUT2D eigenvalue weighted by Crippen LogP contribution is 2.24. The molecule has 0 aromatic carbocycles. The first-order chi connectivity index (χ1) is 8.29. The fraction of sp³-hybridized carbons (Fsp3) is 0.727. The fourth-order valence-corrected chi connectivity index (χ4v) is 2.25. The summed E-state index contributed by atoms with van der Waals surface area (Å²) in [6.45, 7) is 0.795. The zero-order valence-electron chi connectivity index (χ0n) is 9.96. The molecule has 6 heteroatoms. The molecule has 1 aliphatic rings. The molecular weight excluding hydrogens is 222 g/mol. The summed E-state index contributed by atoms with van der Waals surface area (Å²) >= 11 is 0. The van der Waals surface area contributed by atoms with E-state index in [1.54, 1.807) is 0 Å². The van der Waals surface area contributed by atoms with E-state index in [0.29, 0.717) is 18.5 Å². The Morgan fingerprint density at radius 2 is 2.35 bits per heavy atom. The van der Waals surface area contributed by atoms with Crippen molar-refractivity contribution in [3.8, 4) is 0 Å². The van der Waals surface area contributed by atoms with Crippen LogP contribution in [0, 0.1) is 0 Å². The average molecular weight is 239 g/mol. The van der Waals surface area contributed by atoms with Crippen LogP contribution in [0.15, 0.2) is 10.9 Å². The van der Waals surface area contributed by atoms with Crippen molar-refractivity contribution in [1.82, 2.24) is 15.0 Å². The van der Waals surface area contributed by atoms with E-state index in [9.17, 15) is 4.79 Å². The van der Waals surface area contributed by atoms with Crippen LogP contribution in [0.1, 0.15) is 31.6 Å². The number of rotatable bonds is 5. The number of hydrogen-bond acceptors (Lipinski definition) is 6. The van der Waals surface area contributed by atoms with E-state index in [1.807, 2.05) is 0 Å². The molecule has 1 aliphatic carbocycles. The monoisotopic (exact) mass is 239 g/mol. The number of aromatic nitrogens is 2. The highest BCUT2D eigenvalue weighted by atomic mass is 16.5. The van der Waals surface area contributed by atoms with E-state index in [4.69, 9.17) is 9.26 Å². The number of carbonyl (C=O) groups is 1. The summed E-state index contributed by atoms with van der Waals surface area (Å²) in [7, 11) is 1.40. The molecule has 0 saturated heterocycles. The van der Waals surface area contributed by atoms with Crippen LogP contribution in [-0.4, -0.2) is 40.7 Å². The van der Waals surface area contributed by atoms with Crippen molar-refractivity contribution in [3.05, 3.63) is 12.2 Å². The number of nitrogens with zero attached hydrogens (tertiary/aromatic N) is 3. The lowest BCUT2D eigenvalue weighted by Crippen LogP contribution is -2.37. The van der Waals surface area contributed by atoms with Crippen molar-refractivity contribution in [1.29, 1.82) is 0 Å². The van der Waals surface area contributed by atoms with Crippen molar-refractivity contribution < 1.29 is 14.1 Å². The summed E-state index contributed by atoms with van der Waals surface area (Å²) in [5.74, 6) is 0.317. The molecule has 94 valence electrons. The van der Waals surface area contributed by atoms with E-state index in [-0.39, 0.29) is 12.5 Å². The predicted octanol–water partition coefficient (Wildman–Crippen LogP) is 0.987. The summed E-state index contributed by atoms with van der Waals surface area (Å²) in [5.41, 5.74) is 0. The molecule has 0 amide bonds. The molecule has 17 heavy (non-hydrogen) atoms. The standard InChI is InChI=1S/C11H17N3O3/c1-16-11(15)7-14(9-4-2-3-5-9)6-10-12-8-13-17-10/h8-9H,2-7H2,1H3. The van der Waals surface area contributed by atoms with Crippen molar-refractivity contribution >= 4 is 5.97 Å². The third kappa shape index (κ3) is 3.26. The van der Waals surface area contributed by atoms with Gasteiger partial charge >= 0.3 is 5.97 Å². The normalized spacial score (nSPS) is 16.6. The van der Waals surface area contributed by atoms with E-state index < -0.39 is 0 Å². The van der Waals surface area contributed by atoms with E-state index in [2.05, 4.69) is 15.0 Å². The summed E-state index contributed by atoms with van der Waals surface area (Å²) in [5, 5.41) is 3.57. The Bertz CT molecular complexity index is 347. The molecule has 1 aromatic rings. The molecule has 0 aliphatic heterocycles. The van der Waals surface area contributed by atoms with Gasteiger partial charge in [0.05, 0.1) is 20.2 Å². The third-order valence-electron chi connectivity index (χ3n) is 3.15. The van der Waals surface area contributed by atoms with Gasteiger partial charge in [0.15, 0.2) is 6.33 Å². The quantitative estimate of drug-likeness (QED) is 0.714. The highest BCUT2D eigenvalue weighted by Gasteiger charge is 2.26. The van der Waals surface area contributed by atoms with Crippen LogP contribution in [0.3, 0.4) is 0 Å². The van der Waals surface area contributed by atoms with Crippen molar-refractivity contribution in [3.63, 3.8) is 0 Å². The highest BCUT2D eigenvalue weighted by molar-refractivity contribution is 5.71. The topological polar surface area (TPSA) is 68.5 Å². The molecule has 0 N–H and O–H groups in total. The van der Waals surface area contributed by atoms with Crippen LogP contribution < -0.4 is 0 Å². The minimum absolute atomic E-state index is 0.226. The van der Waals surface area contributed by atoms with Gasteiger partial charge in [0.2, 0.25) is 5.89 Å². The van der Waals surface area contributed by atoms with Gasteiger partial charge in [-0.05, 0) is 12.8 Å². The Labute approximate surface area is 99.9 Å². The van der Waals surface area contributed by atoms with Crippen molar-refractivity contribution in [2.45, 2.75) is 38.3 Å². The zero-order chi connectivity index (χ0) is 12.1. The second-order valence-corrected chi connectivity index (χ2v) is 4.25. The first-order valence-corrected chi connectivity index (χ1v) is 5.86. The van der Waals surface area contributed by atoms with Crippen molar-refractivity contribution in [2.75, 3.05) is 13.7 Å². The Morgan fingerprint density at radius 1 is 1.59 bits per heavy atom. The minimum Gasteiger partial charge on any atom is -0.468 e. The lowest BCUT2D eigenvalue weighted by atomic mass is 10.2. The van der Waals surface area contributed by atoms with Crippen LogP contribution >= 0.6 is 0 Å². The largest absolute Gasteiger partial charge is 0.468 e. The molecular formula is C11H17N3O3. The van der Waals surface area contributed by atoms with Crippen LogP contribution in [0.5, 0.6) is 0 Å². The first-order valence-electron chi connectivity index (χ1n) is 5.86. The molecule has 0 bridgehead atoms. The molecule has 2 rings (SSSR count). The molecule has 1 saturated carbocycles. The maximum Gasteiger partial charge on any atom is 0.319 e. The number of hydrogen-bond donors (Lipinski definition) is 0. The molecule has 0 radical (unpaired) electrons. The number of esters is 1.